The van der Waals surface area contributed by atoms with Gasteiger partial charge in [-0.15, -0.1) is 4.83 Å². The zero-order chi connectivity index (χ0) is 20.7. The summed E-state index contributed by atoms with van der Waals surface area (Å²) in [6.45, 7) is -0.377. The van der Waals surface area contributed by atoms with Gasteiger partial charge >= 0.3 is 0 Å². The fraction of sp³-hybridized carbons (Fsp3) is 0.0952. The first-order valence-electron chi connectivity index (χ1n) is 8.75. The van der Waals surface area contributed by atoms with Crippen LogP contribution in [0.3, 0.4) is 0 Å². The highest BCUT2D eigenvalue weighted by atomic mass is 32.2. The normalized spacial score (nSPS) is 11.1. The maximum atomic E-state index is 12.9. The molecular formula is C21H19FN2O4S. The summed E-state index contributed by atoms with van der Waals surface area (Å²) < 4.78 is 42.7. The average molecular weight is 414 g/mol. The first-order chi connectivity index (χ1) is 13.9. The van der Waals surface area contributed by atoms with Crippen LogP contribution in [0.4, 0.5) is 4.39 Å². The van der Waals surface area contributed by atoms with Crippen molar-refractivity contribution in [3.8, 4) is 5.75 Å². The molecule has 8 heteroatoms. The summed E-state index contributed by atoms with van der Waals surface area (Å²) in [6.07, 6.45) is 0.635. The third kappa shape index (κ3) is 5.87. The Morgan fingerprint density at radius 2 is 1.55 bits per heavy atom. The zero-order valence-corrected chi connectivity index (χ0v) is 16.2. The van der Waals surface area contributed by atoms with Crippen molar-refractivity contribution in [2.24, 2.45) is 0 Å². The van der Waals surface area contributed by atoms with Crippen LogP contribution in [0.25, 0.3) is 0 Å². The van der Waals surface area contributed by atoms with Gasteiger partial charge in [-0.2, -0.15) is 0 Å². The number of amides is 1. The Hall–Kier alpha value is -3.23. The standard InChI is InChI=1S/C21H19FN2O4S/c22-18-10-12-19(13-11-18)29(26,27)24-23-21(25)15-28-20-9-5-4-8-17(20)14-16-6-2-1-3-7-16/h1-13,24H,14-15H2,(H,23,25). The van der Waals surface area contributed by atoms with Crippen LogP contribution in [-0.2, 0) is 21.2 Å². The summed E-state index contributed by atoms with van der Waals surface area (Å²) in [5, 5.41) is 0. The quantitative estimate of drug-likeness (QED) is 0.555. The van der Waals surface area contributed by atoms with Gasteiger partial charge in [0.1, 0.15) is 11.6 Å². The van der Waals surface area contributed by atoms with E-state index in [-0.39, 0.29) is 11.5 Å². The van der Waals surface area contributed by atoms with E-state index in [1.807, 2.05) is 47.3 Å². The number of hydrogen-bond acceptors (Lipinski definition) is 4. The number of carbonyl (C=O) groups is 1. The van der Waals surface area contributed by atoms with Gasteiger partial charge in [0.25, 0.3) is 15.9 Å². The SMILES string of the molecule is O=C(COc1ccccc1Cc1ccccc1)NNS(=O)(=O)c1ccc(F)cc1. The van der Waals surface area contributed by atoms with Crippen LogP contribution >= 0.6 is 0 Å². The molecule has 0 fully saturated rings. The second-order valence-corrected chi connectivity index (χ2v) is 7.85. The number of halogens is 1. The molecule has 0 radical (unpaired) electrons. The van der Waals surface area contributed by atoms with Gasteiger partial charge in [-0.1, -0.05) is 48.5 Å². The van der Waals surface area contributed by atoms with E-state index < -0.39 is 21.7 Å². The predicted molar refractivity (Wildman–Crippen MR) is 106 cm³/mol. The molecule has 3 aromatic carbocycles. The average Bonchev–Trinajstić information content (AvgIpc) is 2.73. The largest absolute Gasteiger partial charge is 0.483 e. The summed E-state index contributed by atoms with van der Waals surface area (Å²) in [4.78, 5) is 13.8. The topological polar surface area (TPSA) is 84.5 Å². The molecule has 0 bridgehead atoms. The predicted octanol–water partition coefficient (Wildman–Crippen LogP) is 2.81. The Balaban J connectivity index is 1.56. The summed E-state index contributed by atoms with van der Waals surface area (Å²) in [5.74, 6) is -0.700. The summed E-state index contributed by atoms with van der Waals surface area (Å²) in [6, 6.07) is 21.4. The van der Waals surface area contributed by atoms with Gasteiger partial charge in [-0.25, -0.2) is 12.8 Å². The smallest absolute Gasteiger partial charge is 0.272 e. The second-order valence-electron chi connectivity index (χ2n) is 6.17. The molecule has 29 heavy (non-hydrogen) atoms. The monoisotopic (exact) mass is 414 g/mol. The van der Waals surface area contributed by atoms with Crippen molar-refractivity contribution < 1.29 is 22.3 Å². The van der Waals surface area contributed by atoms with E-state index >= 15 is 0 Å². The lowest BCUT2D eigenvalue weighted by Gasteiger charge is -2.12. The Kier molecular flexibility index (Phi) is 6.58. The molecule has 3 rings (SSSR count). The molecule has 0 unspecified atom stereocenters. The number of para-hydroxylation sites is 1. The van der Waals surface area contributed by atoms with Crippen LogP contribution in [0.1, 0.15) is 11.1 Å². The molecule has 6 nitrogen and oxygen atoms in total. The van der Waals surface area contributed by atoms with Crippen molar-refractivity contribution in [1.82, 2.24) is 10.3 Å². The molecule has 0 saturated carbocycles. The minimum atomic E-state index is -4.01. The van der Waals surface area contributed by atoms with E-state index in [4.69, 9.17) is 4.74 Å². The molecular weight excluding hydrogens is 395 g/mol. The lowest BCUT2D eigenvalue weighted by molar-refractivity contribution is -0.123. The first-order valence-corrected chi connectivity index (χ1v) is 10.2. The molecule has 0 aliphatic carbocycles. The Bertz CT molecular complexity index is 1070. The number of rotatable bonds is 8. The van der Waals surface area contributed by atoms with Gasteiger partial charge in [0.15, 0.2) is 6.61 Å². The molecule has 0 aromatic heterocycles. The lowest BCUT2D eigenvalue weighted by Crippen LogP contribution is -2.43. The highest BCUT2D eigenvalue weighted by Crippen LogP contribution is 2.21. The van der Waals surface area contributed by atoms with E-state index in [1.54, 1.807) is 12.1 Å². The van der Waals surface area contributed by atoms with Gasteiger partial charge in [0.2, 0.25) is 0 Å². The number of hydrazine groups is 1. The van der Waals surface area contributed by atoms with E-state index in [1.165, 1.54) is 0 Å². The molecule has 1 amide bonds. The fourth-order valence-corrected chi connectivity index (χ4v) is 3.44. The minimum Gasteiger partial charge on any atom is -0.483 e. The molecule has 0 aliphatic heterocycles. The van der Waals surface area contributed by atoms with E-state index in [9.17, 15) is 17.6 Å². The van der Waals surface area contributed by atoms with Crippen LogP contribution < -0.4 is 15.0 Å². The van der Waals surface area contributed by atoms with Crippen molar-refractivity contribution in [2.45, 2.75) is 11.3 Å². The third-order valence-electron chi connectivity index (χ3n) is 4.02. The molecule has 2 N–H and O–H groups in total. The van der Waals surface area contributed by atoms with Gasteiger partial charge in [0.05, 0.1) is 4.90 Å². The number of carbonyl (C=O) groups excluding carboxylic acids is 1. The molecule has 0 aliphatic rings. The van der Waals surface area contributed by atoms with Crippen LogP contribution in [0.2, 0.25) is 0 Å². The number of benzene rings is 3. The summed E-state index contributed by atoms with van der Waals surface area (Å²) in [7, 11) is -4.01. The second kappa shape index (κ2) is 9.31. The van der Waals surface area contributed by atoms with Crippen molar-refractivity contribution in [2.75, 3.05) is 6.61 Å². The number of ether oxygens (including phenoxy) is 1. The van der Waals surface area contributed by atoms with Gasteiger partial charge in [-0.3, -0.25) is 10.2 Å². The van der Waals surface area contributed by atoms with Crippen LogP contribution in [-0.4, -0.2) is 20.9 Å². The minimum absolute atomic E-state index is 0.173. The Labute approximate surface area is 168 Å². The third-order valence-corrected chi connectivity index (χ3v) is 5.28. The molecule has 0 spiro atoms. The molecule has 3 aromatic rings. The summed E-state index contributed by atoms with van der Waals surface area (Å²) in [5.41, 5.74) is 4.08. The maximum Gasteiger partial charge on any atom is 0.272 e. The summed E-state index contributed by atoms with van der Waals surface area (Å²) >= 11 is 0. The van der Waals surface area contributed by atoms with Crippen molar-refractivity contribution in [3.63, 3.8) is 0 Å². The number of nitrogens with one attached hydrogen (secondary N) is 2. The maximum absolute atomic E-state index is 12.9. The van der Waals surface area contributed by atoms with Crippen LogP contribution in [0, 0.1) is 5.82 Å². The van der Waals surface area contributed by atoms with Crippen molar-refractivity contribution in [3.05, 3.63) is 95.8 Å². The fourth-order valence-electron chi connectivity index (χ4n) is 2.58. The highest BCUT2D eigenvalue weighted by molar-refractivity contribution is 7.89. The van der Waals surface area contributed by atoms with Crippen LogP contribution in [0.5, 0.6) is 5.75 Å². The van der Waals surface area contributed by atoms with Crippen molar-refractivity contribution >= 4 is 15.9 Å². The van der Waals surface area contributed by atoms with E-state index in [2.05, 4.69) is 5.43 Å². The molecule has 0 heterocycles. The van der Waals surface area contributed by atoms with Gasteiger partial charge in [0, 0.05) is 6.42 Å². The van der Waals surface area contributed by atoms with Gasteiger partial charge < -0.3 is 4.74 Å². The highest BCUT2D eigenvalue weighted by Gasteiger charge is 2.15. The first kappa shape index (κ1) is 20.5. The number of hydrogen-bond donors (Lipinski definition) is 2. The molecule has 0 saturated heterocycles. The zero-order valence-electron chi connectivity index (χ0n) is 15.3. The van der Waals surface area contributed by atoms with E-state index in [0.717, 1.165) is 35.4 Å². The molecule has 0 atom stereocenters. The van der Waals surface area contributed by atoms with Crippen LogP contribution in [0.15, 0.2) is 83.8 Å². The Morgan fingerprint density at radius 3 is 2.28 bits per heavy atom. The lowest BCUT2D eigenvalue weighted by atomic mass is 10.0. The molecule has 150 valence electrons. The van der Waals surface area contributed by atoms with E-state index in [0.29, 0.717) is 12.2 Å². The van der Waals surface area contributed by atoms with Gasteiger partial charge in [-0.05, 0) is 41.5 Å². The number of sulfonamides is 1. The Morgan fingerprint density at radius 1 is 0.897 bits per heavy atom. The van der Waals surface area contributed by atoms with Crippen molar-refractivity contribution in [1.29, 1.82) is 0 Å².